The van der Waals surface area contributed by atoms with E-state index in [4.69, 9.17) is 11.5 Å². The molecule has 0 bridgehead atoms. The van der Waals surface area contributed by atoms with Gasteiger partial charge in [-0.05, 0) is 73.2 Å². The molecule has 11 heteroatoms. The van der Waals surface area contributed by atoms with Gasteiger partial charge in [-0.1, -0.05) is 12.1 Å². The Morgan fingerprint density at radius 2 is 1.47 bits per heavy atom. The maximum absolute atomic E-state index is 12.7. The summed E-state index contributed by atoms with van der Waals surface area (Å²) in [5.41, 5.74) is 17.1. The van der Waals surface area contributed by atoms with E-state index in [1.165, 1.54) is 0 Å². The van der Waals surface area contributed by atoms with Crippen molar-refractivity contribution in [3.05, 3.63) is 90.1 Å². The van der Waals surface area contributed by atoms with Gasteiger partial charge >= 0.3 is 0 Å². The Hall–Kier alpha value is -4.34. The molecule has 1 amide bonds. The quantitative estimate of drug-likeness (QED) is 0.142. The van der Waals surface area contributed by atoms with E-state index < -0.39 is 0 Å². The first-order chi connectivity index (χ1) is 17.3. The molecule has 6 N–H and O–H groups in total. The molecular formula is C27H30Cl2N8O. The topological polar surface area (TPSA) is 134 Å². The highest BCUT2D eigenvalue weighted by Crippen LogP contribution is 2.28. The van der Waals surface area contributed by atoms with Crippen LogP contribution >= 0.6 is 24.8 Å². The van der Waals surface area contributed by atoms with Crippen molar-refractivity contribution in [1.82, 2.24) is 4.98 Å². The average Bonchev–Trinajstić information content (AvgIpc) is 2.88. The van der Waals surface area contributed by atoms with Crippen LogP contribution < -0.4 is 27.0 Å². The number of halogens is 2. The molecule has 1 heterocycles. The minimum absolute atomic E-state index is 0. The molecule has 4 aromatic rings. The van der Waals surface area contributed by atoms with Crippen LogP contribution in [0.2, 0.25) is 0 Å². The van der Waals surface area contributed by atoms with E-state index in [0.717, 1.165) is 33.5 Å². The molecule has 4 rings (SSSR count). The molecular weight excluding hydrogens is 523 g/mol. The predicted octanol–water partition coefficient (Wildman–Crippen LogP) is 5.14. The van der Waals surface area contributed by atoms with Gasteiger partial charge in [-0.2, -0.15) is 5.10 Å². The number of carbonyl (C=O) groups is 1. The van der Waals surface area contributed by atoms with Crippen molar-refractivity contribution in [2.45, 2.75) is 6.92 Å². The Bertz CT molecular complexity index is 1450. The van der Waals surface area contributed by atoms with Crippen LogP contribution in [0.3, 0.4) is 0 Å². The highest BCUT2D eigenvalue weighted by atomic mass is 35.5. The molecule has 0 saturated carbocycles. The fraction of sp³-hybridized carbons (Fsp3) is 0.111. The fourth-order valence-electron chi connectivity index (χ4n) is 3.57. The van der Waals surface area contributed by atoms with E-state index in [-0.39, 0.29) is 36.7 Å². The highest BCUT2D eigenvalue weighted by molar-refractivity contribution is 6.05. The van der Waals surface area contributed by atoms with Gasteiger partial charge in [0, 0.05) is 54.0 Å². The molecule has 0 saturated heterocycles. The standard InChI is InChI=1S/C27H28N8O.2ClH/c1-17(33-34-27(28)29)18-4-8-21(9-5-18)32-26(36)19-6-10-20(11-7-19)31-25-14-15-30-24-13-12-22(35(2)3)16-23(24)25;;/h4-16H,1-3H3,(H,30,31)(H,32,36)(H4,28,29,34);2*1H/b33-17-;;. The molecule has 3 aromatic carbocycles. The van der Waals surface area contributed by atoms with Crippen molar-refractivity contribution in [3.63, 3.8) is 0 Å². The van der Waals surface area contributed by atoms with Crippen LogP contribution in [0.5, 0.6) is 0 Å². The van der Waals surface area contributed by atoms with Crippen LogP contribution in [0.4, 0.5) is 22.7 Å². The van der Waals surface area contributed by atoms with Crippen molar-refractivity contribution >= 4 is 76.0 Å². The molecule has 0 radical (unpaired) electrons. The van der Waals surface area contributed by atoms with Crippen molar-refractivity contribution in [3.8, 4) is 0 Å². The minimum atomic E-state index is -0.204. The summed E-state index contributed by atoms with van der Waals surface area (Å²) in [7, 11) is 4.01. The second-order valence-corrected chi connectivity index (χ2v) is 8.40. The fourth-order valence-corrected chi connectivity index (χ4v) is 3.57. The summed E-state index contributed by atoms with van der Waals surface area (Å²) in [5.74, 6) is -0.308. The summed E-state index contributed by atoms with van der Waals surface area (Å²) in [6, 6.07) is 22.7. The number of pyridine rings is 1. The number of nitrogens with two attached hydrogens (primary N) is 2. The summed E-state index contributed by atoms with van der Waals surface area (Å²) in [6.07, 6.45) is 1.78. The van der Waals surface area contributed by atoms with Crippen LogP contribution in [-0.2, 0) is 0 Å². The number of nitrogens with zero attached hydrogens (tertiary/aromatic N) is 4. The van der Waals surface area contributed by atoms with Gasteiger partial charge < -0.3 is 27.0 Å². The average molecular weight is 553 g/mol. The number of nitrogens with one attached hydrogen (secondary N) is 2. The second-order valence-electron chi connectivity index (χ2n) is 8.40. The lowest BCUT2D eigenvalue weighted by molar-refractivity contribution is 0.102. The van der Waals surface area contributed by atoms with E-state index in [2.05, 4.69) is 36.8 Å². The molecule has 0 aliphatic rings. The number of hydrogen-bond donors (Lipinski definition) is 4. The van der Waals surface area contributed by atoms with Crippen LogP contribution in [0.25, 0.3) is 10.9 Å². The largest absolute Gasteiger partial charge is 0.378 e. The lowest BCUT2D eigenvalue weighted by Gasteiger charge is -2.15. The number of rotatable bonds is 7. The van der Waals surface area contributed by atoms with Crippen molar-refractivity contribution in [2.75, 3.05) is 29.6 Å². The predicted molar refractivity (Wildman–Crippen MR) is 163 cm³/mol. The SMILES string of the molecule is C/C(=N/N=C(N)N)c1ccc(NC(=O)c2ccc(Nc3ccnc4ccc(N(C)C)cc34)cc2)cc1.Cl.Cl. The lowest BCUT2D eigenvalue weighted by atomic mass is 10.1. The zero-order valence-corrected chi connectivity index (χ0v) is 22.8. The number of hydrogen-bond acceptors (Lipinski definition) is 6. The van der Waals surface area contributed by atoms with Crippen molar-refractivity contribution < 1.29 is 4.79 Å². The van der Waals surface area contributed by atoms with Crippen molar-refractivity contribution in [2.24, 2.45) is 21.7 Å². The van der Waals surface area contributed by atoms with E-state index in [1.54, 1.807) is 37.4 Å². The van der Waals surface area contributed by atoms with Gasteiger partial charge in [0.25, 0.3) is 5.91 Å². The number of guanidine groups is 1. The highest BCUT2D eigenvalue weighted by Gasteiger charge is 2.09. The second kappa shape index (κ2) is 13.3. The molecule has 38 heavy (non-hydrogen) atoms. The molecule has 0 spiro atoms. The third-order valence-corrected chi connectivity index (χ3v) is 5.54. The summed E-state index contributed by atoms with van der Waals surface area (Å²) in [6.45, 7) is 1.80. The molecule has 9 nitrogen and oxygen atoms in total. The van der Waals surface area contributed by atoms with Gasteiger partial charge in [-0.3, -0.25) is 9.78 Å². The van der Waals surface area contributed by atoms with E-state index in [0.29, 0.717) is 17.0 Å². The molecule has 0 aliphatic carbocycles. The van der Waals surface area contributed by atoms with Gasteiger partial charge in [-0.15, -0.1) is 29.9 Å². The van der Waals surface area contributed by atoms with Gasteiger partial charge in [0.2, 0.25) is 5.96 Å². The van der Waals surface area contributed by atoms with E-state index in [9.17, 15) is 4.79 Å². The Morgan fingerprint density at radius 1 is 0.842 bits per heavy atom. The van der Waals surface area contributed by atoms with Crippen LogP contribution in [0.1, 0.15) is 22.8 Å². The van der Waals surface area contributed by atoms with Gasteiger partial charge in [-0.25, -0.2) is 0 Å². The normalized spacial score (nSPS) is 10.6. The molecule has 0 atom stereocenters. The maximum Gasteiger partial charge on any atom is 0.255 e. The number of fused-ring (bicyclic) bond motifs is 1. The third-order valence-electron chi connectivity index (χ3n) is 5.54. The number of amides is 1. The summed E-state index contributed by atoms with van der Waals surface area (Å²) < 4.78 is 0. The Morgan fingerprint density at radius 3 is 2.11 bits per heavy atom. The lowest BCUT2D eigenvalue weighted by Crippen LogP contribution is -2.22. The summed E-state index contributed by atoms with van der Waals surface area (Å²) in [5, 5.41) is 15.0. The van der Waals surface area contributed by atoms with Gasteiger partial charge in [0.05, 0.1) is 11.2 Å². The Labute approximate surface area is 233 Å². The molecule has 0 unspecified atom stereocenters. The number of aromatic nitrogens is 1. The third kappa shape index (κ3) is 7.34. The van der Waals surface area contributed by atoms with Crippen LogP contribution in [0.15, 0.2) is 89.2 Å². The zero-order chi connectivity index (χ0) is 25.7. The van der Waals surface area contributed by atoms with Crippen molar-refractivity contribution in [1.29, 1.82) is 0 Å². The number of benzene rings is 3. The molecule has 1 aromatic heterocycles. The summed E-state index contributed by atoms with van der Waals surface area (Å²) in [4.78, 5) is 19.3. The zero-order valence-electron chi connectivity index (χ0n) is 21.2. The number of anilines is 4. The first kappa shape index (κ1) is 29.9. The first-order valence-electron chi connectivity index (χ1n) is 11.3. The Balaban J connectivity index is 0.00000253. The van der Waals surface area contributed by atoms with E-state index >= 15 is 0 Å². The number of carbonyl (C=O) groups excluding carboxylic acids is 1. The Kier molecular flexibility index (Phi) is 10.4. The maximum atomic E-state index is 12.7. The summed E-state index contributed by atoms with van der Waals surface area (Å²) >= 11 is 0. The van der Waals surface area contributed by atoms with Crippen LogP contribution in [0, 0.1) is 0 Å². The van der Waals surface area contributed by atoms with E-state index in [1.807, 2.05) is 56.6 Å². The monoisotopic (exact) mass is 552 g/mol. The van der Waals surface area contributed by atoms with Gasteiger partial charge in [0.15, 0.2) is 0 Å². The molecule has 0 fully saturated rings. The molecule has 198 valence electrons. The van der Waals surface area contributed by atoms with Crippen LogP contribution in [-0.4, -0.2) is 36.7 Å². The first-order valence-corrected chi connectivity index (χ1v) is 11.3. The molecule has 0 aliphatic heterocycles. The van der Waals surface area contributed by atoms with Gasteiger partial charge in [0.1, 0.15) is 0 Å². The smallest absolute Gasteiger partial charge is 0.255 e. The minimum Gasteiger partial charge on any atom is -0.378 e.